The van der Waals surface area contributed by atoms with Gasteiger partial charge in [-0.1, -0.05) is 0 Å². The van der Waals surface area contributed by atoms with E-state index in [9.17, 15) is 27.2 Å². The predicted molar refractivity (Wildman–Crippen MR) is 57.4 cm³/mol. The van der Waals surface area contributed by atoms with Gasteiger partial charge in [0.15, 0.2) is 0 Å². The number of aromatic nitrogens is 1. The summed E-state index contributed by atoms with van der Waals surface area (Å²) in [6.45, 7) is 1.23. The third-order valence-electron chi connectivity index (χ3n) is 2.13. The Kier molecular flexibility index (Phi) is 5.44. The Balaban J connectivity index is 3.14. The minimum atomic E-state index is -2.00. The van der Waals surface area contributed by atoms with E-state index in [2.05, 4.69) is 14.5 Å². The summed E-state index contributed by atoms with van der Waals surface area (Å²) in [6, 6.07) is 0. The lowest BCUT2D eigenvalue weighted by Gasteiger charge is -2.16. The van der Waals surface area contributed by atoms with Crippen LogP contribution in [0.15, 0.2) is 0 Å². The van der Waals surface area contributed by atoms with Crippen LogP contribution in [0.2, 0.25) is 0 Å². The van der Waals surface area contributed by atoms with Gasteiger partial charge in [-0.2, -0.15) is 22.5 Å². The van der Waals surface area contributed by atoms with Gasteiger partial charge in [0.1, 0.15) is 0 Å². The second kappa shape index (κ2) is 6.86. The molecule has 1 heterocycles. The average Bonchev–Trinajstić information content (AvgIpc) is 2.40. The van der Waals surface area contributed by atoms with Crippen LogP contribution < -0.4 is 4.74 Å². The highest BCUT2D eigenvalue weighted by molar-refractivity contribution is 5.81. The van der Waals surface area contributed by atoms with Crippen molar-refractivity contribution in [2.75, 3.05) is 6.61 Å². The number of carboxylic acids is 1. The Labute approximate surface area is 115 Å². The Morgan fingerprint density at radius 3 is 2.14 bits per heavy atom. The van der Waals surface area contributed by atoms with E-state index in [1.807, 2.05) is 0 Å². The number of carbonyl (C=O) groups excluding carboxylic acids is 1. The smallest absolute Gasteiger partial charge is 0.347 e. The molecule has 1 N–H and O–H groups in total. The number of esters is 1. The monoisotopic (exact) mass is 311 g/mol. The zero-order chi connectivity index (χ0) is 16.2. The van der Waals surface area contributed by atoms with Gasteiger partial charge < -0.3 is 14.6 Å². The number of pyridine rings is 1. The fourth-order valence-corrected chi connectivity index (χ4v) is 1.28. The molecule has 0 aliphatic heterocycles. The van der Waals surface area contributed by atoms with Gasteiger partial charge in [0, 0.05) is 0 Å². The van der Waals surface area contributed by atoms with Gasteiger partial charge in [-0.15, -0.1) is 0 Å². The van der Waals surface area contributed by atoms with Crippen molar-refractivity contribution in [1.29, 1.82) is 0 Å². The maximum atomic E-state index is 13.3. The first-order valence-electron chi connectivity index (χ1n) is 5.53. The molecule has 21 heavy (non-hydrogen) atoms. The lowest BCUT2D eigenvalue weighted by Crippen LogP contribution is -2.32. The molecule has 0 saturated heterocycles. The zero-order valence-electron chi connectivity index (χ0n) is 10.5. The van der Waals surface area contributed by atoms with Gasteiger partial charge >= 0.3 is 11.9 Å². The van der Waals surface area contributed by atoms with E-state index in [1.54, 1.807) is 0 Å². The van der Waals surface area contributed by atoms with Crippen molar-refractivity contribution in [2.24, 2.45) is 0 Å². The summed E-state index contributed by atoms with van der Waals surface area (Å²) in [5.74, 6) is -12.4. The first kappa shape index (κ1) is 16.7. The number of carboxylic acid groups (broad SMARTS) is 1. The van der Waals surface area contributed by atoms with Crippen LogP contribution >= 0.6 is 0 Å². The summed E-state index contributed by atoms with van der Waals surface area (Å²) >= 11 is 0. The Bertz CT molecular complexity index is 540. The molecule has 1 atom stereocenters. The molecule has 0 fully saturated rings. The second-order valence-electron chi connectivity index (χ2n) is 3.61. The normalized spacial score (nSPS) is 11.9. The molecule has 0 aliphatic carbocycles. The molecule has 6 nitrogen and oxygen atoms in total. The van der Waals surface area contributed by atoms with E-state index in [0.717, 1.165) is 0 Å². The maximum Gasteiger partial charge on any atom is 0.347 e. The number of aliphatic carboxylic acids is 1. The molecule has 0 aliphatic rings. The zero-order valence-corrected chi connectivity index (χ0v) is 10.5. The molecule has 1 aromatic heterocycles. The van der Waals surface area contributed by atoms with Crippen molar-refractivity contribution in [3.63, 3.8) is 0 Å². The molecule has 0 radical (unpaired) electrons. The van der Waals surface area contributed by atoms with Gasteiger partial charge in [0.25, 0.3) is 11.9 Å². The van der Waals surface area contributed by atoms with E-state index in [0.29, 0.717) is 0 Å². The summed E-state index contributed by atoms with van der Waals surface area (Å²) in [5.41, 5.74) is 0. The quantitative estimate of drug-likeness (QED) is 0.486. The van der Waals surface area contributed by atoms with Gasteiger partial charge in [-0.25, -0.2) is 4.79 Å². The molecule has 10 heteroatoms. The number of hydrogen-bond donors (Lipinski definition) is 1. The number of halogens is 4. The van der Waals surface area contributed by atoms with E-state index in [4.69, 9.17) is 5.11 Å². The fraction of sp³-hybridized carbons (Fsp3) is 0.364. The second-order valence-corrected chi connectivity index (χ2v) is 3.61. The van der Waals surface area contributed by atoms with E-state index < -0.39 is 53.7 Å². The third-order valence-corrected chi connectivity index (χ3v) is 2.13. The van der Waals surface area contributed by atoms with Crippen LogP contribution in [-0.2, 0) is 14.3 Å². The van der Waals surface area contributed by atoms with Crippen molar-refractivity contribution in [1.82, 2.24) is 4.98 Å². The number of ether oxygens (including phenoxy) is 2. The van der Waals surface area contributed by atoms with Crippen LogP contribution in [0.5, 0.6) is 5.75 Å². The molecule has 1 unspecified atom stereocenters. The van der Waals surface area contributed by atoms with Crippen molar-refractivity contribution in [3.05, 3.63) is 23.5 Å². The molecular weight excluding hydrogens is 302 g/mol. The molecule has 1 rings (SSSR count). The lowest BCUT2D eigenvalue weighted by molar-refractivity contribution is -0.156. The average molecular weight is 311 g/mol. The summed E-state index contributed by atoms with van der Waals surface area (Å²) in [7, 11) is 0. The van der Waals surface area contributed by atoms with Crippen LogP contribution in [0.4, 0.5) is 17.6 Å². The van der Waals surface area contributed by atoms with Gasteiger partial charge in [-0.3, -0.25) is 4.79 Å². The number of hydrogen-bond acceptors (Lipinski definition) is 5. The Morgan fingerprint density at radius 2 is 1.71 bits per heavy atom. The predicted octanol–water partition coefficient (Wildman–Crippen LogP) is 1.42. The summed E-state index contributed by atoms with van der Waals surface area (Å²) in [4.78, 5) is 24.3. The summed E-state index contributed by atoms with van der Waals surface area (Å²) < 4.78 is 61.3. The minimum Gasteiger partial charge on any atom is -0.481 e. The van der Waals surface area contributed by atoms with Crippen LogP contribution in [0.25, 0.3) is 0 Å². The van der Waals surface area contributed by atoms with E-state index >= 15 is 0 Å². The van der Waals surface area contributed by atoms with Gasteiger partial charge in [-0.05, 0) is 6.92 Å². The van der Waals surface area contributed by atoms with E-state index in [-0.39, 0.29) is 6.61 Å². The Morgan fingerprint density at radius 1 is 1.19 bits per heavy atom. The topological polar surface area (TPSA) is 85.7 Å². The van der Waals surface area contributed by atoms with Crippen molar-refractivity contribution >= 4 is 11.9 Å². The number of rotatable bonds is 6. The van der Waals surface area contributed by atoms with Crippen LogP contribution in [0.3, 0.4) is 0 Å². The fourth-order valence-electron chi connectivity index (χ4n) is 1.28. The van der Waals surface area contributed by atoms with Gasteiger partial charge in [0.05, 0.1) is 13.0 Å². The third kappa shape index (κ3) is 4.04. The highest BCUT2D eigenvalue weighted by Crippen LogP contribution is 2.26. The Hall–Kier alpha value is -2.39. The molecule has 0 saturated carbocycles. The number of carbonyl (C=O) groups is 2. The van der Waals surface area contributed by atoms with Crippen LogP contribution in [-0.4, -0.2) is 34.7 Å². The van der Waals surface area contributed by atoms with E-state index in [1.165, 1.54) is 6.92 Å². The van der Waals surface area contributed by atoms with Crippen molar-refractivity contribution in [3.8, 4) is 5.75 Å². The molecule has 0 amide bonds. The number of nitrogens with zero attached hydrogens (tertiary/aromatic N) is 1. The van der Waals surface area contributed by atoms with Crippen LogP contribution in [0, 0.1) is 23.5 Å². The van der Waals surface area contributed by atoms with Crippen LogP contribution in [0.1, 0.15) is 13.3 Å². The maximum absolute atomic E-state index is 13.3. The summed E-state index contributed by atoms with van der Waals surface area (Å²) in [5, 5.41) is 8.59. The first-order chi connectivity index (χ1) is 9.77. The SMILES string of the molecule is CCOC(=O)C(CC(=O)O)Oc1c(F)c(F)nc(F)c1F. The largest absolute Gasteiger partial charge is 0.481 e. The summed E-state index contributed by atoms with van der Waals surface area (Å²) in [6.07, 6.45) is -3.00. The standard InChI is InChI=1S/C11H9F4NO5/c1-2-20-11(19)4(3-5(17)18)21-8-6(12)9(14)16-10(15)7(8)13/h4H,2-3H2,1H3,(H,17,18). The highest BCUT2D eigenvalue weighted by atomic mass is 19.2. The lowest BCUT2D eigenvalue weighted by atomic mass is 10.2. The molecular formula is C11H9F4NO5. The van der Waals surface area contributed by atoms with Crippen molar-refractivity contribution < 1.29 is 41.7 Å². The minimum absolute atomic E-state index is 0.164. The molecule has 0 aromatic carbocycles. The first-order valence-corrected chi connectivity index (χ1v) is 5.53. The van der Waals surface area contributed by atoms with Gasteiger partial charge in [0.2, 0.25) is 23.5 Å². The highest BCUT2D eigenvalue weighted by Gasteiger charge is 2.30. The molecule has 0 bridgehead atoms. The van der Waals surface area contributed by atoms with Crippen molar-refractivity contribution in [2.45, 2.75) is 19.4 Å². The molecule has 116 valence electrons. The molecule has 1 aromatic rings. The molecule has 0 spiro atoms.